The number of amides is 1. The van der Waals surface area contributed by atoms with Gasteiger partial charge in [0.2, 0.25) is 11.7 Å². The fourth-order valence-corrected chi connectivity index (χ4v) is 4.53. The Morgan fingerprint density at radius 3 is 2.45 bits per heavy atom. The van der Waals surface area contributed by atoms with Gasteiger partial charge in [0.25, 0.3) is 0 Å². The fourth-order valence-electron chi connectivity index (χ4n) is 3.71. The van der Waals surface area contributed by atoms with E-state index < -0.39 is 0 Å². The van der Waals surface area contributed by atoms with Crippen LogP contribution in [0, 0.1) is 0 Å². The smallest absolute Gasteiger partial charge is 0.246 e. The molecule has 0 spiro atoms. The van der Waals surface area contributed by atoms with Crippen molar-refractivity contribution in [2.24, 2.45) is 0 Å². The molecule has 0 radical (unpaired) electrons. The van der Waals surface area contributed by atoms with Crippen LogP contribution >= 0.6 is 11.3 Å². The summed E-state index contributed by atoms with van der Waals surface area (Å²) in [6, 6.07) is 7.40. The van der Waals surface area contributed by atoms with Gasteiger partial charge in [0.1, 0.15) is 10.7 Å². The van der Waals surface area contributed by atoms with E-state index in [9.17, 15) is 4.79 Å². The van der Waals surface area contributed by atoms with Crippen LogP contribution in [0.25, 0.3) is 17.5 Å². The summed E-state index contributed by atoms with van der Waals surface area (Å²) in [4.78, 5) is 21.6. The van der Waals surface area contributed by atoms with E-state index in [1.165, 1.54) is 0 Å². The molecule has 1 aliphatic rings. The molecule has 1 saturated heterocycles. The molecule has 2 aromatic heterocycles. The van der Waals surface area contributed by atoms with Crippen molar-refractivity contribution in [3.05, 3.63) is 52.6 Å². The van der Waals surface area contributed by atoms with E-state index in [2.05, 4.69) is 9.88 Å². The first-order valence-electron chi connectivity index (χ1n) is 10.6. The quantitative estimate of drug-likeness (QED) is 0.465. The van der Waals surface area contributed by atoms with Gasteiger partial charge in [0.05, 0.1) is 34.1 Å². The Morgan fingerprint density at radius 2 is 1.85 bits per heavy atom. The average Bonchev–Trinajstić information content (AvgIpc) is 3.54. The molecule has 9 heteroatoms. The fraction of sp³-hybridized carbons (Fsp3) is 0.333. The topological polar surface area (TPSA) is 77.3 Å². The number of methoxy groups -OCH3 is 3. The molecule has 4 rings (SSSR count). The van der Waals surface area contributed by atoms with Crippen LogP contribution in [0.4, 0.5) is 0 Å². The third-order valence-electron chi connectivity index (χ3n) is 5.47. The molecule has 0 atom stereocenters. The molecule has 174 valence electrons. The van der Waals surface area contributed by atoms with Gasteiger partial charge < -0.3 is 23.5 Å². The summed E-state index contributed by atoms with van der Waals surface area (Å²) in [6.45, 7) is 3.73. The summed E-state index contributed by atoms with van der Waals surface area (Å²) in [6.07, 6.45) is 5.01. The highest BCUT2D eigenvalue weighted by Gasteiger charge is 2.21. The van der Waals surface area contributed by atoms with Crippen molar-refractivity contribution in [1.29, 1.82) is 0 Å². The number of furan rings is 1. The Kier molecular flexibility index (Phi) is 7.31. The summed E-state index contributed by atoms with van der Waals surface area (Å²) in [7, 11) is 4.70. The molecule has 1 fully saturated rings. The van der Waals surface area contributed by atoms with Gasteiger partial charge in [0, 0.05) is 37.6 Å². The first-order chi connectivity index (χ1) is 16.1. The number of rotatable bonds is 8. The second-order valence-corrected chi connectivity index (χ2v) is 8.44. The van der Waals surface area contributed by atoms with Crippen LogP contribution in [0.3, 0.4) is 0 Å². The van der Waals surface area contributed by atoms with Gasteiger partial charge in [-0.1, -0.05) is 0 Å². The molecule has 0 aliphatic carbocycles. The molecule has 3 aromatic rings. The lowest BCUT2D eigenvalue weighted by Crippen LogP contribution is -2.47. The normalized spacial score (nSPS) is 14.6. The SMILES string of the molecule is COc1cc(/C=C/C(=O)N2CCN(Cc3nc(-c4ccco4)cs3)CC2)cc(OC)c1OC. The van der Waals surface area contributed by atoms with Crippen LogP contribution in [0.5, 0.6) is 17.2 Å². The van der Waals surface area contributed by atoms with E-state index in [-0.39, 0.29) is 5.91 Å². The number of carbonyl (C=O) groups is 1. The van der Waals surface area contributed by atoms with Crippen molar-refractivity contribution >= 4 is 23.3 Å². The van der Waals surface area contributed by atoms with E-state index in [1.807, 2.05) is 34.5 Å². The van der Waals surface area contributed by atoms with Crippen LogP contribution < -0.4 is 14.2 Å². The Morgan fingerprint density at radius 1 is 1.12 bits per heavy atom. The Bertz CT molecular complexity index is 1080. The van der Waals surface area contributed by atoms with Gasteiger partial charge in [-0.2, -0.15) is 0 Å². The summed E-state index contributed by atoms with van der Waals surface area (Å²) < 4.78 is 21.5. The molecule has 1 aliphatic heterocycles. The molecule has 0 N–H and O–H groups in total. The van der Waals surface area contributed by atoms with Crippen LogP contribution in [0.15, 0.2) is 46.4 Å². The molecule has 33 heavy (non-hydrogen) atoms. The van der Waals surface area contributed by atoms with Gasteiger partial charge >= 0.3 is 0 Å². The predicted molar refractivity (Wildman–Crippen MR) is 127 cm³/mol. The van der Waals surface area contributed by atoms with Crippen molar-refractivity contribution in [1.82, 2.24) is 14.8 Å². The van der Waals surface area contributed by atoms with Crippen LogP contribution in [0.1, 0.15) is 10.6 Å². The molecule has 0 unspecified atom stereocenters. The first kappa shape index (κ1) is 22.9. The number of nitrogens with zero attached hydrogens (tertiary/aromatic N) is 3. The number of aromatic nitrogens is 1. The number of carbonyl (C=O) groups excluding carboxylic acids is 1. The minimum Gasteiger partial charge on any atom is -0.493 e. The highest BCUT2D eigenvalue weighted by molar-refractivity contribution is 7.09. The summed E-state index contributed by atoms with van der Waals surface area (Å²) in [5.74, 6) is 2.39. The minimum atomic E-state index is -0.0160. The first-order valence-corrected chi connectivity index (χ1v) is 11.5. The van der Waals surface area contributed by atoms with E-state index in [0.717, 1.165) is 41.7 Å². The monoisotopic (exact) mass is 469 g/mol. The van der Waals surface area contributed by atoms with Crippen molar-refractivity contribution in [3.8, 4) is 28.7 Å². The predicted octanol–water partition coefficient (Wildman–Crippen LogP) is 3.79. The molecule has 8 nitrogen and oxygen atoms in total. The van der Waals surface area contributed by atoms with E-state index in [0.29, 0.717) is 30.3 Å². The highest BCUT2D eigenvalue weighted by atomic mass is 32.1. The van der Waals surface area contributed by atoms with Gasteiger partial charge in [0.15, 0.2) is 17.3 Å². The van der Waals surface area contributed by atoms with E-state index in [1.54, 1.807) is 51.1 Å². The zero-order chi connectivity index (χ0) is 23.2. The summed E-state index contributed by atoms with van der Waals surface area (Å²) in [5.41, 5.74) is 1.67. The molecular formula is C24H27N3O5S. The average molecular weight is 470 g/mol. The van der Waals surface area contributed by atoms with Gasteiger partial charge in [-0.3, -0.25) is 9.69 Å². The van der Waals surface area contributed by atoms with Crippen LogP contribution in [0.2, 0.25) is 0 Å². The highest BCUT2D eigenvalue weighted by Crippen LogP contribution is 2.38. The largest absolute Gasteiger partial charge is 0.493 e. The second kappa shape index (κ2) is 10.5. The second-order valence-electron chi connectivity index (χ2n) is 7.50. The number of hydrogen-bond donors (Lipinski definition) is 0. The number of piperazine rings is 1. The Balaban J connectivity index is 1.32. The third kappa shape index (κ3) is 5.37. The zero-order valence-electron chi connectivity index (χ0n) is 18.9. The van der Waals surface area contributed by atoms with Crippen molar-refractivity contribution in [2.45, 2.75) is 6.54 Å². The molecule has 3 heterocycles. The maximum atomic E-state index is 12.7. The van der Waals surface area contributed by atoms with E-state index in [4.69, 9.17) is 18.6 Å². The number of benzene rings is 1. The zero-order valence-corrected chi connectivity index (χ0v) is 19.8. The maximum Gasteiger partial charge on any atom is 0.246 e. The maximum absolute atomic E-state index is 12.7. The number of hydrogen-bond acceptors (Lipinski definition) is 8. The van der Waals surface area contributed by atoms with Gasteiger partial charge in [-0.15, -0.1) is 11.3 Å². The Labute approximate surface area is 197 Å². The number of thiazole rings is 1. The molecule has 1 amide bonds. The van der Waals surface area contributed by atoms with Crippen molar-refractivity contribution < 1.29 is 23.4 Å². The van der Waals surface area contributed by atoms with Crippen molar-refractivity contribution in [3.63, 3.8) is 0 Å². The third-order valence-corrected chi connectivity index (χ3v) is 6.31. The van der Waals surface area contributed by atoms with Gasteiger partial charge in [-0.25, -0.2) is 4.98 Å². The van der Waals surface area contributed by atoms with E-state index >= 15 is 0 Å². The molecule has 0 bridgehead atoms. The lowest BCUT2D eigenvalue weighted by atomic mass is 10.1. The lowest BCUT2D eigenvalue weighted by molar-refractivity contribution is -0.127. The summed E-state index contributed by atoms with van der Waals surface area (Å²) in [5, 5.41) is 3.06. The molecular weight excluding hydrogens is 442 g/mol. The van der Waals surface area contributed by atoms with Crippen LogP contribution in [-0.4, -0.2) is 68.2 Å². The van der Waals surface area contributed by atoms with Crippen LogP contribution in [-0.2, 0) is 11.3 Å². The summed E-state index contributed by atoms with van der Waals surface area (Å²) >= 11 is 1.63. The minimum absolute atomic E-state index is 0.0160. The Hall–Kier alpha value is -3.30. The van der Waals surface area contributed by atoms with Gasteiger partial charge in [-0.05, 0) is 35.9 Å². The standard InChI is InChI=1S/C24H27N3O5S/c1-29-20-13-17(14-21(30-2)24(20)31-3)6-7-23(28)27-10-8-26(9-11-27)15-22-25-18(16-33-22)19-5-4-12-32-19/h4-7,12-14,16H,8-11,15H2,1-3H3/b7-6+. The molecule has 1 aromatic carbocycles. The van der Waals surface area contributed by atoms with Crippen molar-refractivity contribution in [2.75, 3.05) is 47.5 Å². The molecule has 0 saturated carbocycles. The number of ether oxygens (including phenoxy) is 3. The lowest BCUT2D eigenvalue weighted by Gasteiger charge is -2.33.